The van der Waals surface area contributed by atoms with Crippen LogP contribution in [-0.4, -0.2) is 10.8 Å². The molecule has 0 radical (unpaired) electrons. The van der Waals surface area contributed by atoms with Crippen molar-refractivity contribution in [1.82, 2.24) is 4.98 Å². The highest BCUT2D eigenvalue weighted by atomic mass is 35.5. The molecule has 0 aliphatic heterocycles. The van der Waals surface area contributed by atoms with E-state index < -0.39 is 0 Å². The normalized spacial score (nSPS) is 12.2. The summed E-state index contributed by atoms with van der Waals surface area (Å²) in [6.07, 6.45) is 0.957. The summed E-state index contributed by atoms with van der Waals surface area (Å²) in [6, 6.07) is 12.8. The van der Waals surface area contributed by atoms with Crippen LogP contribution in [-0.2, 0) is 0 Å². The summed E-state index contributed by atoms with van der Waals surface area (Å²) >= 11 is 5.93. The Kier molecular flexibility index (Phi) is 4.33. The van der Waals surface area contributed by atoms with Gasteiger partial charge in [-0.15, -0.1) is 0 Å². The van der Waals surface area contributed by atoms with Crippen molar-refractivity contribution in [3.8, 4) is 0 Å². The fourth-order valence-electron chi connectivity index (χ4n) is 1.97. The van der Waals surface area contributed by atoms with Gasteiger partial charge in [0.1, 0.15) is 10.8 Å². The second kappa shape index (κ2) is 5.98. The lowest BCUT2D eigenvalue weighted by Gasteiger charge is -2.13. The molecule has 19 heavy (non-hydrogen) atoms. The number of carbonyl (C=O) groups excluding carboxylic acids is 1. The number of hydrogen-bond acceptors (Lipinski definition) is 2. The third-order valence-corrected chi connectivity index (χ3v) is 3.50. The second-order valence-electron chi connectivity index (χ2n) is 4.58. The van der Waals surface area contributed by atoms with Crippen molar-refractivity contribution in [1.29, 1.82) is 0 Å². The highest BCUT2D eigenvalue weighted by Gasteiger charge is 2.18. The van der Waals surface area contributed by atoms with Crippen LogP contribution in [0.3, 0.4) is 0 Å². The predicted molar refractivity (Wildman–Crippen MR) is 77.8 cm³/mol. The molecule has 2 rings (SSSR count). The Morgan fingerprint density at radius 2 is 1.89 bits per heavy atom. The zero-order chi connectivity index (χ0) is 13.8. The van der Waals surface area contributed by atoms with Gasteiger partial charge in [0.15, 0.2) is 0 Å². The molecular weight excluding hydrogens is 258 g/mol. The maximum atomic E-state index is 12.5. The largest absolute Gasteiger partial charge is 0.287 e. The van der Waals surface area contributed by atoms with Gasteiger partial charge in [-0.3, -0.25) is 4.79 Å². The molecule has 98 valence electrons. The van der Waals surface area contributed by atoms with Crippen LogP contribution in [0.5, 0.6) is 0 Å². The first kappa shape index (κ1) is 13.8. The molecule has 0 aliphatic rings. The molecule has 0 N–H and O–H groups in total. The molecule has 0 saturated carbocycles. The van der Waals surface area contributed by atoms with E-state index >= 15 is 0 Å². The number of rotatable bonds is 4. The molecule has 1 aromatic carbocycles. The fraction of sp³-hybridized carbons (Fsp3) is 0.250. The van der Waals surface area contributed by atoms with E-state index in [9.17, 15) is 4.79 Å². The number of hydrogen-bond donors (Lipinski definition) is 0. The van der Waals surface area contributed by atoms with Crippen LogP contribution in [0.15, 0.2) is 42.5 Å². The van der Waals surface area contributed by atoms with Gasteiger partial charge in [-0.25, -0.2) is 4.98 Å². The molecule has 2 aromatic rings. The highest BCUT2D eigenvalue weighted by Crippen LogP contribution is 2.25. The number of benzene rings is 1. The van der Waals surface area contributed by atoms with Crippen molar-refractivity contribution in [3.05, 3.63) is 64.4 Å². The molecule has 0 amide bonds. The van der Waals surface area contributed by atoms with Gasteiger partial charge in [0.2, 0.25) is 5.78 Å². The smallest absolute Gasteiger partial charge is 0.211 e. The summed E-state index contributed by atoms with van der Waals surface area (Å²) in [5.41, 5.74) is 2.07. The minimum atomic E-state index is -0.0709. The second-order valence-corrected chi connectivity index (χ2v) is 4.96. The number of pyridine rings is 1. The van der Waals surface area contributed by atoms with Gasteiger partial charge in [0.05, 0.1) is 0 Å². The third-order valence-electron chi connectivity index (χ3n) is 3.29. The van der Waals surface area contributed by atoms with Gasteiger partial charge in [-0.1, -0.05) is 61.8 Å². The fourth-order valence-corrected chi connectivity index (χ4v) is 2.12. The average molecular weight is 274 g/mol. The minimum Gasteiger partial charge on any atom is -0.287 e. The molecule has 1 atom stereocenters. The number of carbonyl (C=O) groups is 1. The molecular formula is C16H16ClNO. The maximum absolute atomic E-state index is 12.5. The molecule has 0 fully saturated rings. The number of ketones is 1. The van der Waals surface area contributed by atoms with Crippen molar-refractivity contribution in [2.75, 3.05) is 0 Å². The molecule has 1 aromatic heterocycles. The quantitative estimate of drug-likeness (QED) is 0.607. The van der Waals surface area contributed by atoms with Gasteiger partial charge in [-0.2, -0.15) is 0 Å². The molecule has 0 aliphatic carbocycles. The van der Waals surface area contributed by atoms with Gasteiger partial charge in [-0.05, 0) is 24.0 Å². The van der Waals surface area contributed by atoms with E-state index in [4.69, 9.17) is 11.6 Å². The number of halogens is 1. The maximum Gasteiger partial charge on any atom is 0.211 e. The Morgan fingerprint density at radius 1 is 1.21 bits per heavy atom. The lowest BCUT2D eigenvalue weighted by atomic mass is 9.93. The van der Waals surface area contributed by atoms with E-state index in [2.05, 4.69) is 18.8 Å². The van der Waals surface area contributed by atoms with Crippen LogP contribution in [0, 0.1) is 0 Å². The number of nitrogens with zero attached hydrogens (tertiary/aromatic N) is 1. The zero-order valence-electron chi connectivity index (χ0n) is 11.1. The Bertz CT molecular complexity index is 581. The molecule has 1 unspecified atom stereocenters. The first-order valence-electron chi connectivity index (χ1n) is 6.39. The van der Waals surface area contributed by atoms with Gasteiger partial charge >= 0.3 is 0 Å². The molecule has 3 heteroatoms. The Hall–Kier alpha value is -1.67. The topological polar surface area (TPSA) is 30.0 Å². The Morgan fingerprint density at radius 3 is 2.53 bits per heavy atom. The molecule has 2 nitrogen and oxygen atoms in total. The number of aromatic nitrogens is 1. The Labute approximate surface area is 118 Å². The predicted octanol–water partition coefficient (Wildman–Crippen LogP) is 4.48. The van der Waals surface area contributed by atoms with Crippen LogP contribution in [0.1, 0.15) is 47.8 Å². The van der Waals surface area contributed by atoms with E-state index in [0.29, 0.717) is 16.4 Å². The van der Waals surface area contributed by atoms with Crippen molar-refractivity contribution >= 4 is 17.4 Å². The van der Waals surface area contributed by atoms with E-state index in [1.54, 1.807) is 18.2 Å². The lowest BCUT2D eigenvalue weighted by Crippen LogP contribution is -2.10. The average Bonchev–Trinajstić information content (AvgIpc) is 2.46. The Balaban J connectivity index is 2.49. The van der Waals surface area contributed by atoms with Crippen molar-refractivity contribution in [3.63, 3.8) is 0 Å². The van der Waals surface area contributed by atoms with Gasteiger partial charge < -0.3 is 0 Å². The van der Waals surface area contributed by atoms with E-state index in [1.165, 1.54) is 0 Å². The van der Waals surface area contributed by atoms with Crippen LogP contribution in [0.4, 0.5) is 0 Å². The molecule has 0 saturated heterocycles. The summed E-state index contributed by atoms with van der Waals surface area (Å²) in [5, 5.41) is 0.353. The van der Waals surface area contributed by atoms with E-state index in [-0.39, 0.29) is 11.7 Å². The van der Waals surface area contributed by atoms with Crippen LogP contribution < -0.4 is 0 Å². The summed E-state index contributed by atoms with van der Waals surface area (Å²) in [4.78, 5) is 16.8. The highest BCUT2D eigenvalue weighted by molar-refractivity contribution is 6.29. The van der Waals surface area contributed by atoms with Crippen LogP contribution >= 0.6 is 11.6 Å². The zero-order valence-corrected chi connectivity index (χ0v) is 11.8. The summed E-state index contributed by atoms with van der Waals surface area (Å²) in [6.45, 7) is 4.18. The van der Waals surface area contributed by atoms with Gasteiger partial charge in [0, 0.05) is 5.56 Å². The molecule has 0 bridgehead atoms. The van der Waals surface area contributed by atoms with E-state index in [1.807, 2.05) is 24.3 Å². The summed E-state index contributed by atoms with van der Waals surface area (Å²) in [7, 11) is 0. The first-order valence-corrected chi connectivity index (χ1v) is 6.77. The summed E-state index contributed by atoms with van der Waals surface area (Å²) in [5.74, 6) is 0.214. The first-order chi connectivity index (χ1) is 9.13. The SMILES string of the molecule is CCC(C)c1ccc(Cl)nc1C(=O)c1ccccc1. The van der Waals surface area contributed by atoms with Crippen LogP contribution in [0.2, 0.25) is 5.15 Å². The van der Waals surface area contributed by atoms with Gasteiger partial charge in [0.25, 0.3) is 0 Å². The van der Waals surface area contributed by atoms with Crippen molar-refractivity contribution in [2.45, 2.75) is 26.2 Å². The van der Waals surface area contributed by atoms with Crippen molar-refractivity contribution < 1.29 is 4.79 Å². The standard InChI is InChI=1S/C16H16ClNO/c1-3-11(2)13-9-10-14(17)18-15(13)16(19)12-7-5-4-6-8-12/h4-11H,3H2,1-2H3. The lowest BCUT2D eigenvalue weighted by molar-refractivity contribution is 0.103. The third kappa shape index (κ3) is 3.02. The minimum absolute atomic E-state index is 0.0709. The molecule has 1 heterocycles. The van der Waals surface area contributed by atoms with Crippen molar-refractivity contribution in [2.24, 2.45) is 0 Å². The monoisotopic (exact) mass is 273 g/mol. The van der Waals surface area contributed by atoms with Crippen LogP contribution in [0.25, 0.3) is 0 Å². The van der Waals surface area contributed by atoms with E-state index in [0.717, 1.165) is 12.0 Å². The summed E-state index contributed by atoms with van der Waals surface area (Å²) < 4.78 is 0. The molecule has 0 spiro atoms.